The van der Waals surface area contributed by atoms with Gasteiger partial charge in [-0.15, -0.1) is 0 Å². The Morgan fingerprint density at radius 2 is 1.77 bits per heavy atom. The zero-order chi connectivity index (χ0) is 16.3. The van der Waals surface area contributed by atoms with E-state index in [0.717, 1.165) is 6.07 Å². The third-order valence-electron chi connectivity index (χ3n) is 2.92. The second-order valence-electron chi connectivity index (χ2n) is 4.81. The number of halogens is 1. The zero-order valence-corrected chi connectivity index (χ0v) is 12.9. The predicted octanol–water partition coefficient (Wildman–Crippen LogP) is 2.33. The molecule has 0 aliphatic rings. The minimum Gasteiger partial charge on any atom is -0.345 e. The number of amides is 1. The molecular formula is C15H15FN2O3S. The lowest BCUT2D eigenvalue weighted by Crippen LogP contribution is -2.22. The Hall–Kier alpha value is -2.41. The predicted molar refractivity (Wildman–Crippen MR) is 81.7 cm³/mol. The summed E-state index contributed by atoms with van der Waals surface area (Å²) in [5, 5.41) is 0. The number of sulfonamides is 1. The van der Waals surface area contributed by atoms with Gasteiger partial charge in [0.2, 0.25) is 0 Å². The molecule has 0 fully saturated rings. The normalized spacial score (nSPS) is 11.0. The molecule has 0 radical (unpaired) electrons. The first-order valence-electron chi connectivity index (χ1n) is 6.40. The van der Waals surface area contributed by atoms with E-state index >= 15 is 0 Å². The van der Waals surface area contributed by atoms with Gasteiger partial charge in [0.15, 0.2) is 0 Å². The highest BCUT2D eigenvalue weighted by Gasteiger charge is 2.18. The van der Waals surface area contributed by atoms with Gasteiger partial charge in [-0.3, -0.25) is 9.52 Å². The molecule has 0 aromatic heterocycles. The van der Waals surface area contributed by atoms with Crippen LogP contribution in [-0.4, -0.2) is 33.3 Å². The molecule has 1 N–H and O–H groups in total. The summed E-state index contributed by atoms with van der Waals surface area (Å²) in [5.41, 5.74) is 0.0910. The summed E-state index contributed by atoms with van der Waals surface area (Å²) in [5.74, 6) is -0.991. The number of para-hydroxylation sites is 1. The maximum absolute atomic E-state index is 13.6. The van der Waals surface area contributed by atoms with Gasteiger partial charge in [-0.25, -0.2) is 12.8 Å². The second kappa shape index (κ2) is 6.15. The third-order valence-corrected chi connectivity index (χ3v) is 4.28. The number of benzene rings is 2. The van der Waals surface area contributed by atoms with Gasteiger partial charge < -0.3 is 4.90 Å². The molecule has 0 heterocycles. The molecule has 0 atom stereocenters. The number of hydrogen-bond acceptors (Lipinski definition) is 3. The maximum Gasteiger partial charge on any atom is 0.262 e. The van der Waals surface area contributed by atoms with Crippen LogP contribution < -0.4 is 4.72 Å². The molecule has 0 bridgehead atoms. The summed E-state index contributed by atoms with van der Waals surface area (Å²) in [6, 6.07) is 11.0. The molecule has 0 aliphatic carbocycles. The van der Waals surface area contributed by atoms with E-state index in [0.29, 0.717) is 0 Å². The van der Waals surface area contributed by atoms with Crippen molar-refractivity contribution in [3.8, 4) is 0 Å². The summed E-state index contributed by atoms with van der Waals surface area (Å²) < 4.78 is 40.3. The number of carbonyl (C=O) groups is 1. The smallest absolute Gasteiger partial charge is 0.262 e. The molecule has 116 valence electrons. The van der Waals surface area contributed by atoms with Crippen LogP contribution in [0.1, 0.15) is 10.4 Å². The van der Waals surface area contributed by atoms with Gasteiger partial charge in [0.25, 0.3) is 15.9 Å². The summed E-state index contributed by atoms with van der Waals surface area (Å²) >= 11 is 0. The number of nitrogens with one attached hydrogen (secondary N) is 1. The largest absolute Gasteiger partial charge is 0.345 e. The Labute approximate surface area is 128 Å². The van der Waals surface area contributed by atoms with Crippen LogP contribution in [0.4, 0.5) is 10.1 Å². The van der Waals surface area contributed by atoms with Gasteiger partial charge in [-0.1, -0.05) is 18.2 Å². The van der Waals surface area contributed by atoms with Crippen LogP contribution in [0.25, 0.3) is 0 Å². The van der Waals surface area contributed by atoms with Crippen LogP contribution in [0.5, 0.6) is 0 Å². The van der Waals surface area contributed by atoms with Crippen molar-refractivity contribution in [2.45, 2.75) is 4.90 Å². The molecule has 2 aromatic rings. The quantitative estimate of drug-likeness (QED) is 0.939. The number of carbonyl (C=O) groups excluding carboxylic acids is 1. The van der Waals surface area contributed by atoms with Crippen molar-refractivity contribution in [2.24, 2.45) is 0 Å². The Balaban J connectivity index is 2.36. The van der Waals surface area contributed by atoms with Crippen LogP contribution in [-0.2, 0) is 10.0 Å². The number of rotatable bonds is 4. The van der Waals surface area contributed by atoms with Crippen molar-refractivity contribution in [3.63, 3.8) is 0 Å². The lowest BCUT2D eigenvalue weighted by molar-refractivity contribution is 0.0827. The van der Waals surface area contributed by atoms with Crippen LogP contribution in [0.2, 0.25) is 0 Å². The number of anilines is 1. The molecule has 0 spiro atoms. The molecule has 22 heavy (non-hydrogen) atoms. The molecule has 2 aromatic carbocycles. The Kier molecular flexibility index (Phi) is 4.46. The fraction of sp³-hybridized carbons (Fsp3) is 0.133. The van der Waals surface area contributed by atoms with Crippen molar-refractivity contribution in [1.29, 1.82) is 0 Å². The van der Waals surface area contributed by atoms with Gasteiger partial charge in [0.1, 0.15) is 5.82 Å². The first kappa shape index (κ1) is 16.0. The fourth-order valence-electron chi connectivity index (χ4n) is 1.80. The van der Waals surface area contributed by atoms with Gasteiger partial charge in [-0.2, -0.15) is 0 Å². The lowest BCUT2D eigenvalue weighted by Gasteiger charge is -2.12. The number of nitrogens with zero attached hydrogens (tertiary/aromatic N) is 1. The molecule has 5 nitrogen and oxygen atoms in total. The van der Waals surface area contributed by atoms with Crippen LogP contribution >= 0.6 is 0 Å². The van der Waals surface area contributed by atoms with Gasteiger partial charge in [-0.05, 0) is 30.3 Å². The van der Waals surface area contributed by atoms with Crippen molar-refractivity contribution < 1.29 is 17.6 Å². The highest BCUT2D eigenvalue weighted by Crippen LogP contribution is 2.19. The van der Waals surface area contributed by atoms with Crippen LogP contribution in [0.15, 0.2) is 53.4 Å². The molecule has 1 amide bonds. The maximum atomic E-state index is 13.6. The third kappa shape index (κ3) is 3.43. The van der Waals surface area contributed by atoms with Gasteiger partial charge in [0.05, 0.1) is 10.6 Å². The summed E-state index contributed by atoms with van der Waals surface area (Å²) in [6.07, 6.45) is 0. The van der Waals surface area contributed by atoms with E-state index in [1.54, 1.807) is 14.1 Å². The van der Waals surface area contributed by atoms with E-state index in [1.807, 2.05) is 0 Å². The first-order chi connectivity index (χ1) is 10.3. The van der Waals surface area contributed by atoms with E-state index in [9.17, 15) is 17.6 Å². The average molecular weight is 322 g/mol. The van der Waals surface area contributed by atoms with Crippen molar-refractivity contribution >= 4 is 21.6 Å². The van der Waals surface area contributed by atoms with Gasteiger partial charge >= 0.3 is 0 Å². The fourth-order valence-corrected chi connectivity index (χ4v) is 2.91. The molecule has 7 heteroatoms. The molecule has 0 aliphatic heterocycles. The van der Waals surface area contributed by atoms with E-state index in [2.05, 4.69) is 4.72 Å². The van der Waals surface area contributed by atoms with E-state index in [1.165, 1.54) is 47.4 Å². The standard InChI is InChI=1S/C15H15FN2O3S/c1-18(2)15(19)11-6-5-7-12(10-11)22(20,21)17-14-9-4-3-8-13(14)16/h3-10,17H,1-2H3. The van der Waals surface area contributed by atoms with Crippen LogP contribution in [0, 0.1) is 5.82 Å². The van der Waals surface area contributed by atoms with E-state index < -0.39 is 15.8 Å². The molecule has 2 rings (SSSR count). The molecule has 0 saturated heterocycles. The van der Waals surface area contributed by atoms with Crippen molar-refractivity contribution in [2.75, 3.05) is 18.8 Å². The van der Waals surface area contributed by atoms with Crippen molar-refractivity contribution in [3.05, 3.63) is 59.9 Å². The van der Waals surface area contributed by atoms with Crippen LogP contribution in [0.3, 0.4) is 0 Å². The Bertz CT molecular complexity index is 804. The number of hydrogen-bond donors (Lipinski definition) is 1. The monoisotopic (exact) mass is 322 g/mol. The second-order valence-corrected chi connectivity index (χ2v) is 6.50. The highest BCUT2D eigenvalue weighted by molar-refractivity contribution is 7.92. The Morgan fingerprint density at radius 1 is 1.09 bits per heavy atom. The Morgan fingerprint density at radius 3 is 2.41 bits per heavy atom. The minimum atomic E-state index is -3.98. The lowest BCUT2D eigenvalue weighted by atomic mass is 10.2. The van der Waals surface area contributed by atoms with E-state index in [-0.39, 0.29) is 22.1 Å². The zero-order valence-electron chi connectivity index (χ0n) is 12.1. The van der Waals surface area contributed by atoms with E-state index in [4.69, 9.17) is 0 Å². The topological polar surface area (TPSA) is 66.5 Å². The minimum absolute atomic E-state index is 0.108. The highest BCUT2D eigenvalue weighted by atomic mass is 32.2. The van der Waals surface area contributed by atoms with Gasteiger partial charge in [0, 0.05) is 19.7 Å². The average Bonchev–Trinajstić information content (AvgIpc) is 2.48. The molecule has 0 saturated carbocycles. The summed E-state index contributed by atoms with van der Waals surface area (Å²) in [4.78, 5) is 13.1. The summed E-state index contributed by atoms with van der Waals surface area (Å²) in [6.45, 7) is 0. The molecule has 0 unspecified atom stereocenters. The molecular weight excluding hydrogens is 307 g/mol. The summed E-state index contributed by atoms with van der Waals surface area (Å²) in [7, 11) is -0.837. The SMILES string of the molecule is CN(C)C(=O)c1cccc(S(=O)(=O)Nc2ccccc2F)c1. The van der Waals surface area contributed by atoms with Crippen molar-refractivity contribution in [1.82, 2.24) is 4.90 Å². The first-order valence-corrected chi connectivity index (χ1v) is 7.88.